The Morgan fingerprint density at radius 1 is 0.711 bits per heavy atom. The summed E-state index contributed by atoms with van der Waals surface area (Å²) in [4.78, 5) is 24.7. The minimum atomic E-state index is -5.65. The van der Waals surface area contributed by atoms with Crippen LogP contribution in [0.5, 0.6) is 5.75 Å². The first kappa shape index (κ1) is 36.2. The van der Waals surface area contributed by atoms with Gasteiger partial charge in [-0.15, -0.1) is 0 Å². The minimum Gasteiger partial charge on any atom is -0.469 e. The molecule has 2 aromatic rings. The number of hydrogen-bond donors (Lipinski definition) is 0. The zero-order valence-corrected chi connectivity index (χ0v) is 27.2. The molecule has 8 nitrogen and oxygen atoms in total. The maximum atomic E-state index is 12.3. The van der Waals surface area contributed by atoms with Gasteiger partial charge in [0.05, 0.1) is 14.2 Å². The Bertz CT molecular complexity index is 1330. The summed E-state index contributed by atoms with van der Waals surface area (Å²) in [6.07, 6.45) is 9.04. The first-order valence-corrected chi connectivity index (χ1v) is 16.6. The Labute approximate surface area is 264 Å². The molecule has 250 valence electrons. The molecule has 0 aromatic heterocycles. The van der Waals surface area contributed by atoms with Crippen LogP contribution in [0.15, 0.2) is 48.5 Å². The molecule has 0 spiro atoms. The van der Waals surface area contributed by atoms with Gasteiger partial charge in [-0.2, -0.15) is 21.6 Å². The average Bonchev–Trinajstić information content (AvgIpc) is 3.02. The largest absolute Gasteiger partial charge is 0.534 e. The van der Waals surface area contributed by atoms with Gasteiger partial charge in [0, 0.05) is 32.6 Å². The standard InChI is InChI=1S/C17H25NO2.C16H19F3O5S/c1-18(2)16-10-8-15(9-11-16)14-6-4-13(5-7-14)12-17(19)20-3;1-23-15(20)10-11-2-4-12(5-3-11)13-6-8-14(9-7-13)24-25(21,22)16(17,18)19/h8-11,13-14H,4-7,12H2,1-3H3;6-9,11-12H,2-5,10H2,1H3. The van der Waals surface area contributed by atoms with E-state index in [0.29, 0.717) is 24.7 Å². The number of anilines is 1. The molecule has 2 aromatic carbocycles. The first-order chi connectivity index (χ1) is 21.2. The second-order valence-corrected chi connectivity index (χ2v) is 13.6. The van der Waals surface area contributed by atoms with Gasteiger partial charge in [0.1, 0.15) is 5.75 Å². The van der Waals surface area contributed by atoms with E-state index in [1.54, 1.807) is 12.1 Å². The number of rotatable bonds is 9. The smallest absolute Gasteiger partial charge is 0.469 e. The summed E-state index contributed by atoms with van der Waals surface area (Å²) in [6.45, 7) is 0. The number of ether oxygens (including phenoxy) is 2. The summed E-state index contributed by atoms with van der Waals surface area (Å²) < 4.78 is 72.3. The number of alkyl halides is 3. The fraction of sp³-hybridized carbons (Fsp3) is 0.576. The zero-order chi connectivity index (χ0) is 33.2. The third-order valence-electron chi connectivity index (χ3n) is 8.78. The van der Waals surface area contributed by atoms with Crippen molar-refractivity contribution >= 4 is 27.7 Å². The van der Waals surface area contributed by atoms with Crippen LogP contribution in [-0.2, 0) is 29.2 Å². The summed E-state index contributed by atoms with van der Waals surface area (Å²) in [5.41, 5.74) is -1.86. The molecule has 2 fully saturated rings. The molecule has 0 heterocycles. The molecule has 2 aliphatic rings. The van der Waals surface area contributed by atoms with Crippen molar-refractivity contribution in [1.82, 2.24) is 0 Å². The maximum absolute atomic E-state index is 12.3. The number of hydrogen-bond acceptors (Lipinski definition) is 8. The number of carbonyl (C=O) groups excluding carboxylic acids is 2. The Balaban J connectivity index is 0.000000251. The van der Waals surface area contributed by atoms with Crippen LogP contribution in [0.2, 0.25) is 0 Å². The highest BCUT2D eigenvalue weighted by Crippen LogP contribution is 2.39. The third kappa shape index (κ3) is 10.9. The van der Waals surface area contributed by atoms with E-state index in [9.17, 15) is 31.2 Å². The maximum Gasteiger partial charge on any atom is 0.534 e. The van der Waals surface area contributed by atoms with Gasteiger partial charge >= 0.3 is 27.6 Å². The summed E-state index contributed by atoms with van der Waals surface area (Å²) >= 11 is 0. The van der Waals surface area contributed by atoms with E-state index in [0.717, 1.165) is 44.1 Å². The molecule has 0 atom stereocenters. The monoisotopic (exact) mass is 655 g/mol. The normalized spacial score (nSPS) is 21.9. The van der Waals surface area contributed by atoms with Gasteiger partial charge in [0.15, 0.2) is 0 Å². The number of halogens is 3. The van der Waals surface area contributed by atoms with Gasteiger partial charge < -0.3 is 18.6 Å². The molecule has 2 aliphatic carbocycles. The molecule has 45 heavy (non-hydrogen) atoms. The molecular weight excluding hydrogens is 611 g/mol. The fourth-order valence-corrected chi connectivity index (χ4v) is 6.51. The summed E-state index contributed by atoms with van der Waals surface area (Å²) in [5, 5.41) is 0. The van der Waals surface area contributed by atoms with E-state index in [1.807, 2.05) is 0 Å². The van der Waals surface area contributed by atoms with Crippen LogP contribution >= 0.6 is 0 Å². The highest BCUT2D eigenvalue weighted by atomic mass is 32.2. The molecular formula is C33H44F3NO7S. The quantitative estimate of drug-likeness (QED) is 0.157. The number of esters is 2. The zero-order valence-electron chi connectivity index (χ0n) is 26.3. The van der Waals surface area contributed by atoms with Gasteiger partial charge in [-0.25, -0.2) is 0 Å². The lowest BCUT2D eigenvalue weighted by Gasteiger charge is -2.28. The highest BCUT2D eigenvalue weighted by molar-refractivity contribution is 7.88. The molecule has 12 heteroatoms. The number of methoxy groups -OCH3 is 2. The van der Waals surface area contributed by atoms with Crippen molar-refractivity contribution in [3.63, 3.8) is 0 Å². The van der Waals surface area contributed by atoms with Crippen molar-refractivity contribution in [3.05, 3.63) is 59.7 Å². The molecule has 0 aliphatic heterocycles. The summed E-state index contributed by atoms with van der Waals surface area (Å²) in [5.74, 6) is 1.00. The predicted octanol–water partition coefficient (Wildman–Crippen LogP) is 7.34. The molecule has 4 rings (SSSR count). The van der Waals surface area contributed by atoms with E-state index in [4.69, 9.17) is 4.74 Å². The molecule has 0 radical (unpaired) electrons. The van der Waals surface area contributed by atoms with E-state index < -0.39 is 15.6 Å². The predicted molar refractivity (Wildman–Crippen MR) is 165 cm³/mol. The topological polar surface area (TPSA) is 99.2 Å². The van der Waals surface area contributed by atoms with E-state index in [2.05, 4.69) is 52.2 Å². The Morgan fingerprint density at radius 3 is 1.42 bits per heavy atom. The average molecular weight is 656 g/mol. The number of benzene rings is 2. The van der Waals surface area contributed by atoms with Crippen LogP contribution in [0, 0.1) is 11.8 Å². The van der Waals surface area contributed by atoms with Crippen LogP contribution in [0.1, 0.15) is 87.2 Å². The van der Waals surface area contributed by atoms with Gasteiger partial charge in [-0.3, -0.25) is 9.59 Å². The Morgan fingerprint density at radius 2 is 1.09 bits per heavy atom. The summed E-state index contributed by atoms with van der Waals surface area (Å²) in [6, 6.07) is 14.5. The van der Waals surface area contributed by atoms with Crippen molar-refractivity contribution in [2.24, 2.45) is 11.8 Å². The van der Waals surface area contributed by atoms with E-state index >= 15 is 0 Å². The van der Waals surface area contributed by atoms with Crippen LogP contribution in [-0.4, -0.2) is 54.2 Å². The highest BCUT2D eigenvalue weighted by Gasteiger charge is 2.48. The summed E-state index contributed by atoms with van der Waals surface area (Å²) in [7, 11) is 1.30. The molecule has 0 amide bonds. The Hall–Kier alpha value is -3.28. The second-order valence-electron chi connectivity index (χ2n) is 12.0. The van der Waals surface area contributed by atoms with Crippen molar-refractivity contribution in [2.75, 3.05) is 33.2 Å². The molecule has 0 bridgehead atoms. The first-order valence-electron chi connectivity index (χ1n) is 15.2. The molecule has 2 saturated carbocycles. The van der Waals surface area contributed by atoms with Crippen molar-refractivity contribution in [1.29, 1.82) is 0 Å². The van der Waals surface area contributed by atoms with Crippen LogP contribution in [0.4, 0.5) is 18.9 Å². The van der Waals surface area contributed by atoms with Gasteiger partial charge in [-0.05, 0) is 110 Å². The SMILES string of the molecule is COC(=O)CC1CCC(c2ccc(N(C)C)cc2)CC1.COC(=O)CC1CCC(c2ccc(OS(=O)(=O)C(F)(F)F)cc2)CC1. The lowest BCUT2D eigenvalue weighted by Crippen LogP contribution is -2.28. The van der Waals surface area contributed by atoms with Crippen molar-refractivity contribution in [2.45, 2.75) is 81.6 Å². The van der Waals surface area contributed by atoms with Crippen molar-refractivity contribution in [3.8, 4) is 5.75 Å². The third-order valence-corrected chi connectivity index (χ3v) is 9.76. The number of nitrogens with zero attached hydrogens (tertiary/aromatic N) is 1. The molecule has 0 unspecified atom stereocenters. The van der Waals surface area contributed by atoms with Gasteiger partial charge in [0.25, 0.3) is 0 Å². The minimum absolute atomic E-state index is 0.0659. The van der Waals surface area contributed by atoms with Crippen molar-refractivity contribution < 1.29 is 44.8 Å². The van der Waals surface area contributed by atoms with Crippen LogP contribution in [0.25, 0.3) is 0 Å². The lowest BCUT2D eigenvalue weighted by molar-refractivity contribution is -0.142. The second kappa shape index (κ2) is 16.3. The molecule has 0 N–H and O–H groups in total. The van der Waals surface area contributed by atoms with E-state index in [1.165, 1.54) is 50.4 Å². The van der Waals surface area contributed by atoms with E-state index in [-0.39, 0.29) is 29.5 Å². The fourth-order valence-electron chi connectivity index (χ4n) is 6.05. The Kier molecular flexibility index (Phi) is 13.1. The molecule has 0 saturated heterocycles. The van der Waals surface area contributed by atoms with Crippen LogP contribution < -0.4 is 9.08 Å². The van der Waals surface area contributed by atoms with Gasteiger partial charge in [0.2, 0.25) is 0 Å². The van der Waals surface area contributed by atoms with Gasteiger partial charge in [-0.1, -0.05) is 24.3 Å². The number of carbonyl (C=O) groups is 2. The lowest BCUT2D eigenvalue weighted by atomic mass is 9.77. The van der Waals surface area contributed by atoms with Crippen LogP contribution in [0.3, 0.4) is 0 Å².